The molecule has 0 radical (unpaired) electrons. The Bertz CT molecular complexity index is 516. The molecule has 1 aliphatic heterocycles. The number of hydrogen-bond donors (Lipinski definition) is 1. The Morgan fingerprint density at radius 1 is 1.38 bits per heavy atom. The summed E-state index contributed by atoms with van der Waals surface area (Å²) in [5.74, 6) is 0.868. The van der Waals surface area contributed by atoms with Crippen molar-refractivity contribution in [3.8, 4) is 11.8 Å². The zero-order chi connectivity index (χ0) is 15.1. The largest absolute Gasteiger partial charge is 0.491 e. The molecule has 1 saturated heterocycles. The maximum absolute atomic E-state index is 10.9. The van der Waals surface area contributed by atoms with Crippen LogP contribution < -0.4 is 10.5 Å². The van der Waals surface area contributed by atoms with Crippen molar-refractivity contribution in [2.45, 2.75) is 19.3 Å². The molecule has 0 aromatic heterocycles. The van der Waals surface area contributed by atoms with E-state index in [0.717, 1.165) is 32.5 Å². The van der Waals surface area contributed by atoms with E-state index in [0.29, 0.717) is 30.3 Å². The Hall–Kier alpha value is -2.06. The average Bonchev–Trinajstić information content (AvgIpc) is 2.49. The summed E-state index contributed by atoms with van der Waals surface area (Å²) in [4.78, 5) is 13.2. The molecule has 2 N–H and O–H groups in total. The van der Waals surface area contributed by atoms with E-state index in [1.54, 1.807) is 6.07 Å². The molecule has 0 unspecified atom stereocenters. The van der Waals surface area contributed by atoms with E-state index in [9.17, 15) is 4.79 Å². The number of ether oxygens (including phenoxy) is 1. The van der Waals surface area contributed by atoms with E-state index < -0.39 is 0 Å². The Labute approximate surface area is 125 Å². The van der Waals surface area contributed by atoms with E-state index >= 15 is 0 Å². The average molecular weight is 287 g/mol. The second-order valence-corrected chi connectivity index (χ2v) is 5.41. The molecule has 0 bridgehead atoms. The zero-order valence-corrected chi connectivity index (χ0v) is 12.1. The number of primary amides is 1. The van der Waals surface area contributed by atoms with Gasteiger partial charge in [0, 0.05) is 13.0 Å². The minimum Gasteiger partial charge on any atom is -0.491 e. The predicted molar refractivity (Wildman–Crippen MR) is 79.6 cm³/mol. The molecule has 1 aromatic rings. The smallest absolute Gasteiger partial charge is 0.217 e. The molecule has 0 aliphatic carbocycles. The molecule has 0 saturated carbocycles. The van der Waals surface area contributed by atoms with Gasteiger partial charge in [0.2, 0.25) is 5.91 Å². The maximum atomic E-state index is 10.9. The summed E-state index contributed by atoms with van der Waals surface area (Å²) in [6.45, 7) is 3.35. The third kappa shape index (κ3) is 4.76. The monoisotopic (exact) mass is 287 g/mol. The van der Waals surface area contributed by atoms with Gasteiger partial charge in [-0.1, -0.05) is 12.1 Å². The Morgan fingerprint density at radius 2 is 2.10 bits per heavy atom. The van der Waals surface area contributed by atoms with Crippen molar-refractivity contribution in [3.05, 3.63) is 29.8 Å². The number of piperidine rings is 1. The number of carbonyl (C=O) groups is 1. The summed E-state index contributed by atoms with van der Waals surface area (Å²) in [6.07, 6.45) is 2.52. The fourth-order valence-corrected chi connectivity index (χ4v) is 2.67. The highest BCUT2D eigenvalue weighted by molar-refractivity contribution is 5.73. The van der Waals surface area contributed by atoms with Gasteiger partial charge in [-0.2, -0.15) is 5.26 Å². The summed E-state index contributed by atoms with van der Waals surface area (Å²) in [7, 11) is 0. The Balaban J connectivity index is 1.71. The Kier molecular flexibility index (Phi) is 5.59. The number of para-hydroxylation sites is 1. The van der Waals surface area contributed by atoms with Gasteiger partial charge in [-0.3, -0.25) is 9.69 Å². The fraction of sp³-hybridized carbons (Fsp3) is 0.500. The van der Waals surface area contributed by atoms with Gasteiger partial charge in [0.05, 0.1) is 5.56 Å². The van der Waals surface area contributed by atoms with Crippen molar-refractivity contribution in [1.82, 2.24) is 4.90 Å². The first-order valence-corrected chi connectivity index (χ1v) is 7.31. The lowest BCUT2D eigenvalue weighted by molar-refractivity contribution is -0.119. The number of hydrogen-bond acceptors (Lipinski definition) is 4. The van der Waals surface area contributed by atoms with Crippen molar-refractivity contribution in [1.29, 1.82) is 5.26 Å². The number of carbonyl (C=O) groups excluding carboxylic acids is 1. The van der Waals surface area contributed by atoms with Gasteiger partial charge < -0.3 is 10.5 Å². The first kappa shape index (κ1) is 15.3. The van der Waals surface area contributed by atoms with Crippen LogP contribution in [0.1, 0.15) is 24.8 Å². The molecule has 1 heterocycles. The normalized spacial score (nSPS) is 16.3. The molecule has 1 aliphatic rings. The molecular formula is C16H21N3O2. The number of nitrogens with two attached hydrogens (primary N) is 1. The standard InChI is InChI=1S/C16H21N3O2/c17-12-14-3-1-2-4-15(14)21-10-9-19-7-5-13(6-8-19)11-16(18)20/h1-4,13H,5-11H2,(H2,18,20). The van der Waals surface area contributed by atoms with Gasteiger partial charge >= 0.3 is 0 Å². The highest BCUT2D eigenvalue weighted by Crippen LogP contribution is 2.20. The first-order valence-electron chi connectivity index (χ1n) is 7.31. The maximum Gasteiger partial charge on any atom is 0.217 e. The van der Waals surface area contributed by atoms with Crippen LogP contribution in [0.15, 0.2) is 24.3 Å². The van der Waals surface area contributed by atoms with Crippen LogP contribution in [-0.4, -0.2) is 37.0 Å². The van der Waals surface area contributed by atoms with Gasteiger partial charge in [0.15, 0.2) is 0 Å². The number of nitrogens with zero attached hydrogens (tertiary/aromatic N) is 2. The second-order valence-electron chi connectivity index (χ2n) is 5.41. The summed E-state index contributed by atoms with van der Waals surface area (Å²) in [5.41, 5.74) is 5.80. The third-order valence-electron chi connectivity index (χ3n) is 3.87. The lowest BCUT2D eigenvalue weighted by Gasteiger charge is -2.31. The van der Waals surface area contributed by atoms with Crippen molar-refractivity contribution < 1.29 is 9.53 Å². The fourth-order valence-electron chi connectivity index (χ4n) is 2.67. The van der Waals surface area contributed by atoms with Crippen molar-refractivity contribution in [3.63, 3.8) is 0 Å². The van der Waals surface area contributed by atoms with E-state index in [1.807, 2.05) is 18.2 Å². The number of likely N-dealkylation sites (tertiary alicyclic amines) is 1. The minimum atomic E-state index is -0.204. The summed E-state index contributed by atoms with van der Waals surface area (Å²) >= 11 is 0. The van der Waals surface area contributed by atoms with Crippen LogP contribution in [0.5, 0.6) is 5.75 Å². The van der Waals surface area contributed by atoms with Gasteiger partial charge in [0.1, 0.15) is 18.4 Å². The highest BCUT2D eigenvalue weighted by Gasteiger charge is 2.20. The van der Waals surface area contributed by atoms with Gasteiger partial charge in [-0.05, 0) is 44.0 Å². The first-order chi connectivity index (χ1) is 10.2. The van der Waals surface area contributed by atoms with Crippen LogP contribution in [0.2, 0.25) is 0 Å². The summed E-state index contributed by atoms with van der Waals surface area (Å²) in [6, 6.07) is 9.39. The molecule has 1 amide bonds. The molecule has 21 heavy (non-hydrogen) atoms. The lowest BCUT2D eigenvalue weighted by atomic mass is 9.93. The van der Waals surface area contributed by atoms with Gasteiger partial charge in [0.25, 0.3) is 0 Å². The molecular weight excluding hydrogens is 266 g/mol. The summed E-state index contributed by atoms with van der Waals surface area (Å²) in [5, 5.41) is 8.99. The minimum absolute atomic E-state index is 0.204. The quantitative estimate of drug-likeness (QED) is 0.860. The molecule has 0 spiro atoms. The predicted octanol–water partition coefficient (Wildman–Crippen LogP) is 1.52. The zero-order valence-electron chi connectivity index (χ0n) is 12.1. The van der Waals surface area contributed by atoms with Gasteiger partial charge in [-0.15, -0.1) is 0 Å². The van der Waals surface area contributed by atoms with E-state index in [4.69, 9.17) is 15.7 Å². The van der Waals surface area contributed by atoms with Crippen molar-refractivity contribution in [2.75, 3.05) is 26.2 Å². The number of benzene rings is 1. The molecule has 1 fully saturated rings. The van der Waals surface area contributed by atoms with Gasteiger partial charge in [-0.25, -0.2) is 0 Å². The van der Waals surface area contributed by atoms with Crippen LogP contribution in [0.3, 0.4) is 0 Å². The molecule has 1 aromatic carbocycles. The van der Waals surface area contributed by atoms with Crippen LogP contribution in [0.25, 0.3) is 0 Å². The third-order valence-corrected chi connectivity index (χ3v) is 3.87. The van der Waals surface area contributed by atoms with Crippen LogP contribution in [-0.2, 0) is 4.79 Å². The molecule has 0 atom stereocenters. The van der Waals surface area contributed by atoms with E-state index in [-0.39, 0.29) is 5.91 Å². The Morgan fingerprint density at radius 3 is 2.76 bits per heavy atom. The van der Waals surface area contributed by atoms with E-state index in [2.05, 4.69) is 11.0 Å². The molecule has 5 heteroatoms. The topological polar surface area (TPSA) is 79.3 Å². The highest BCUT2D eigenvalue weighted by atomic mass is 16.5. The van der Waals surface area contributed by atoms with Crippen molar-refractivity contribution in [2.24, 2.45) is 11.7 Å². The van der Waals surface area contributed by atoms with Crippen LogP contribution in [0, 0.1) is 17.2 Å². The SMILES string of the molecule is N#Cc1ccccc1OCCN1CCC(CC(N)=O)CC1. The number of rotatable bonds is 6. The van der Waals surface area contributed by atoms with Crippen LogP contribution >= 0.6 is 0 Å². The molecule has 5 nitrogen and oxygen atoms in total. The number of amides is 1. The molecule has 112 valence electrons. The molecule has 2 rings (SSSR count). The second kappa shape index (κ2) is 7.65. The van der Waals surface area contributed by atoms with E-state index in [1.165, 1.54) is 0 Å². The number of nitriles is 1. The van der Waals surface area contributed by atoms with Crippen LogP contribution in [0.4, 0.5) is 0 Å². The van der Waals surface area contributed by atoms with Crippen molar-refractivity contribution >= 4 is 5.91 Å². The lowest BCUT2D eigenvalue weighted by Crippen LogP contribution is -2.37. The summed E-state index contributed by atoms with van der Waals surface area (Å²) < 4.78 is 5.68.